The van der Waals surface area contributed by atoms with Gasteiger partial charge in [-0.25, -0.2) is 4.79 Å². The van der Waals surface area contributed by atoms with E-state index < -0.39 is 12.1 Å². The Hall–Kier alpha value is -2.62. The fourth-order valence-electron chi connectivity index (χ4n) is 2.01. The summed E-state index contributed by atoms with van der Waals surface area (Å²) in [6.45, 7) is 0. The third-order valence-corrected chi connectivity index (χ3v) is 2.99. The zero-order valence-electron chi connectivity index (χ0n) is 10.8. The minimum Gasteiger partial charge on any atom is -0.465 e. The van der Waals surface area contributed by atoms with Crippen molar-refractivity contribution in [3.8, 4) is 11.1 Å². The van der Waals surface area contributed by atoms with Gasteiger partial charge in [0.15, 0.2) is 0 Å². The number of nitrogens with one attached hydrogen (secondary N) is 1. The second kappa shape index (κ2) is 6.52. The molecule has 1 atom stereocenters. The highest BCUT2D eigenvalue weighted by molar-refractivity contribution is 5.71. The van der Waals surface area contributed by atoms with Gasteiger partial charge in [0.1, 0.15) is 6.29 Å². The first kappa shape index (κ1) is 13.8. The number of amides is 1. The van der Waals surface area contributed by atoms with Crippen molar-refractivity contribution in [3.05, 3.63) is 60.2 Å². The van der Waals surface area contributed by atoms with Crippen LogP contribution in [-0.4, -0.2) is 23.5 Å². The van der Waals surface area contributed by atoms with E-state index in [1.165, 1.54) is 0 Å². The number of rotatable bonds is 5. The second-order valence-electron chi connectivity index (χ2n) is 4.46. The van der Waals surface area contributed by atoms with Crippen molar-refractivity contribution in [3.63, 3.8) is 0 Å². The normalized spacial score (nSPS) is 11.6. The summed E-state index contributed by atoms with van der Waals surface area (Å²) in [4.78, 5) is 21.3. The third-order valence-electron chi connectivity index (χ3n) is 2.99. The fourth-order valence-corrected chi connectivity index (χ4v) is 2.01. The standard InChI is InChI=1S/C16H15NO3/c18-11-15(17-16(19)20)10-12-6-8-14(9-7-12)13-4-2-1-3-5-13/h1-9,11,15,17H,10H2,(H,19,20)/t15-/m1/s1. The maximum atomic E-state index is 10.8. The Morgan fingerprint density at radius 2 is 1.65 bits per heavy atom. The molecule has 0 saturated heterocycles. The van der Waals surface area contributed by atoms with Crippen LogP contribution < -0.4 is 5.32 Å². The molecule has 0 aliphatic heterocycles. The quantitative estimate of drug-likeness (QED) is 0.820. The van der Waals surface area contributed by atoms with E-state index >= 15 is 0 Å². The van der Waals surface area contributed by atoms with E-state index in [0.29, 0.717) is 12.7 Å². The van der Waals surface area contributed by atoms with Gasteiger partial charge in [-0.3, -0.25) is 0 Å². The lowest BCUT2D eigenvalue weighted by atomic mass is 10.0. The van der Waals surface area contributed by atoms with Crippen LogP contribution in [0.25, 0.3) is 11.1 Å². The lowest BCUT2D eigenvalue weighted by Crippen LogP contribution is -2.36. The molecule has 2 aromatic rings. The molecule has 0 aliphatic rings. The number of carboxylic acid groups (broad SMARTS) is 1. The van der Waals surface area contributed by atoms with E-state index in [2.05, 4.69) is 5.32 Å². The molecule has 2 aromatic carbocycles. The average molecular weight is 269 g/mol. The van der Waals surface area contributed by atoms with Crippen molar-refractivity contribution in [2.45, 2.75) is 12.5 Å². The van der Waals surface area contributed by atoms with Crippen LogP contribution in [0.1, 0.15) is 5.56 Å². The van der Waals surface area contributed by atoms with Crippen molar-refractivity contribution in [1.29, 1.82) is 0 Å². The van der Waals surface area contributed by atoms with Crippen LogP contribution in [0.4, 0.5) is 4.79 Å². The zero-order valence-corrected chi connectivity index (χ0v) is 10.8. The number of benzene rings is 2. The molecular formula is C16H15NO3. The molecule has 2 rings (SSSR count). The lowest BCUT2D eigenvalue weighted by Gasteiger charge is -2.10. The van der Waals surface area contributed by atoms with Crippen molar-refractivity contribution in [2.24, 2.45) is 0 Å². The van der Waals surface area contributed by atoms with Gasteiger partial charge in [-0.05, 0) is 23.1 Å². The van der Waals surface area contributed by atoms with Gasteiger partial charge in [0.25, 0.3) is 0 Å². The Labute approximate surface area is 117 Å². The molecule has 0 radical (unpaired) electrons. The number of aldehydes is 1. The van der Waals surface area contributed by atoms with Gasteiger partial charge < -0.3 is 15.2 Å². The van der Waals surface area contributed by atoms with Crippen LogP contribution in [0, 0.1) is 0 Å². The van der Waals surface area contributed by atoms with Gasteiger partial charge in [0.05, 0.1) is 6.04 Å². The molecule has 102 valence electrons. The molecule has 1 amide bonds. The molecule has 0 bridgehead atoms. The minimum atomic E-state index is -1.19. The smallest absolute Gasteiger partial charge is 0.405 e. The Bertz CT molecular complexity index is 578. The molecule has 4 nitrogen and oxygen atoms in total. The van der Waals surface area contributed by atoms with Crippen molar-refractivity contribution in [1.82, 2.24) is 5.32 Å². The first-order valence-electron chi connectivity index (χ1n) is 6.28. The van der Waals surface area contributed by atoms with Crippen LogP contribution >= 0.6 is 0 Å². The van der Waals surface area contributed by atoms with E-state index in [1.807, 2.05) is 54.6 Å². The highest BCUT2D eigenvalue weighted by Gasteiger charge is 2.10. The minimum absolute atomic E-state index is 0.352. The maximum absolute atomic E-state index is 10.8. The Kier molecular flexibility index (Phi) is 4.50. The summed E-state index contributed by atoms with van der Waals surface area (Å²) >= 11 is 0. The van der Waals surface area contributed by atoms with Gasteiger partial charge in [0, 0.05) is 0 Å². The molecule has 0 aromatic heterocycles. The number of carbonyl (C=O) groups excluding carboxylic acids is 1. The molecule has 0 aliphatic carbocycles. The van der Waals surface area contributed by atoms with Crippen molar-refractivity contribution < 1.29 is 14.7 Å². The summed E-state index contributed by atoms with van der Waals surface area (Å²) in [5, 5.41) is 10.8. The average Bonchev–Trinajstić information content (AvgIpc) is 2.48. The summed E-state index contributed by atoms with van der Waals surface area (Å²) in [5.74, 6) is 0. The van der Waals surface area contributed by atoms with E-state index in [9.17, 15) is 9.59 Å². The number of carbonyl (C=O) groups is 2. The van der Waals surface area contributed by atoms with Crippen molar-refractivity contribution >= 4 is 12.4 Å². The Balaban J connectivity index is 2.08. The van der Waals surface area contributed by atoms with E-state index in [1.54, 1.807) is 0 Å². The van der Waals surface area contributed by atoms with Gasteiger partial charge in [-0.2, -0.15) is 0 Å². The molecule has 0 heterocycles. The lowest BCUT2D eigenvalue weighted by molar-refractivity contribution is -0.109. The van der Waals surface area contributed by atoms with Gasteiger partial charge in [0.2, 0.25) is 0 Å². The fraction of sp³-hybridized carbons (Fsp3) is 0.125. The monoisotopic (exact) mass is 269 g/mol. The van der Waals surface area contributed by atoms with Gasteiger partial charge in [-0.15, -0.1) is 0 Å². The SMILES string of the molecule is O=C[C@@H](Cc1ccc(-c2ccccc2)cc1)NC(=O)O. The third kappa shape index (κ3) is 3.68. The Morgan fingerprint density at radius 3 is 2.20 bits per heavy atom. The Morgan fingerprint density at radius 1 is 1.05 bits per heavy atom. The molecular weight excluding hydrogens is 254 g/mol. The molecule has 0 unspecified atom stereocenters. The molecule has 4 heteroatoms. The predicted molar refractivity (Wildman–Crippen MR) is 76.6 cm³/mol. The first-order chi connectivity index (χ1) is 9.69. The highest BCUT2D eigenvalue weighted by atomic mass is 16.4. The molecule has 2 N–H and O–H groups in total. The summed E-state index contributed by atoms with van der Waals surface area (Å²) in [6.07, 6.45) is -0.229. The van der Waals surface area contributed by atoms with E-state index in [0.717, 1.165) is 16.7 Å². The maximum Gasteiger partial charge on any atom is 0.405 e. The second-order valence-corrected chi connectivity index (χ2v) is 4.46. The molecule has 0 spiro atoms. The summed E-state index contributed by atoms with van der Waals surface area (Å²) in [7, 11) is 0. The zero-order chi connectivity index (χ0) is 14.4. The topological polar surface area (TPSA) is 66.4 Å². The largest absolute Gasteiger partial charge is 0.465 e. The van der Waals surface area contributed by atoms with E-state index in [4.69, 9.17) is 5.11 Å². The van der Waals surface area contributed by atoms with Crippen LogP contribution in [-0.2, 0) is 11.2 Å². The number of hydrogen-bond acceptors (Lipinski definition) is 2. The van der Waals surface area contributed by atoms with Crippen LogP contribution in [0.2, 0.25) is 0 Å². The van der Waals surface area contributed by atoms with Gasteiger partial charge >= 0.3 is 6.09 Å². The molecule has 0 saturated carbocycles. The van der Waals surface area contributed by atoms with Crippen molar-refractivity contribution in [2.75, 3.05) is 0 Å². The predicted octanol–water partition coefficient (Wildman–Crippen LogP) is 2.73. The number of hydrogen-bond donors (Lipinski definition) is 2. The van der Waals surface area contributed by atoms with Crippen LogP contribution in [0.15, 0.2) is 54.6 Å². The summed E-state index contributed by atoms with van der Waals surface area (Å²) < 4.78 is 0. The molecule has 0 fully saturated rings. The van der Waals surface area contributed by atoms with Crippen LogP contribution in [0.5, 0.6) is 0 Å². The first-order valence-corrected chi connectivity index (χ1v) is 6.28. The molecule has 20 heavy (non-hydrogen) atoms. The summed E-state index contributed by atoms with van der Waals surface area (Å²) in [6, 6.07) is 17.0. The van der Waals surface area contributed by atoms with Gasteiger partial charge in [-0.1, -0.05) is 54.6 Å². The highest BCUT2D eigenvalue weighted by Crippen LogP contribution is 2.19. The van der Waals surface area contributed by atoms with E-state index in [-0.39, 0.29) is 0 Å². The van der Waals surface area contributed by atoms with Crippen LogP contribution in [0.3, 0.4) is 0 Å². The summed E-state index contributed by atoms with van der Waals surface area (Å²) in [5.41, 5.74) is 3.12.